The molecule has 0 saturated heterocycles. The van der Waals surface area contributed by atoms with Crippen molar-refractivity contribution in [3.05, 3.63) is 88.0 Å². The first kappa shape index (κ1) is 19.8. The number of nitro benzene ring substituents is 1. The molecule has 7 heteroatoms. The van der Waals surface area contributed by atoms with E-state index in [4.69, 9.17) is 0 Å². The van der Waals surface area contributed by atoms with Crippen LogP contribution in [-0.4, -0.2) is 37.9 Å². The van der Waals surface area contributed by atoms with Gasteiger partial charge in [0.15, 0.2) is 0 Å². The molecule has 30 heavy (non-hydrogen) atoms. The predicted molar refractivity (Wildman–Crippen MR) is 114 cm³/mol. The SMILES string of the molecule is CCCN(C(=O)c1ccc(-n2ccnc2)c([N+](=O)[O-])c1)C1CCc2ccccc2C1. The van der Waals surface area contributed by atoms with Gasteiger partial charge in [-0.3, -0.25) is 14.9 Å². The molecule has 7 nitrogen and oxygen atoms in total. The fourth-order valence-corrected chi connectivity index (χ4v) is 4.22. The molecule has 0 N–H and O–H groups in total. The standard InChI is InChI=1S/C23H24N4O3/c1-2-12-26(20-9-7-17-5-3-4-6-18(17)14-20)23(28)19-8-10-21(22(15-19)27(29)30)25-13-11-24-16-25/h3-6,8,10-11,13,15-16,20H,2,7,9,12,14H2,1H3. The van der Waals surface area contributed by atoms with Crippen LogP contribution in [0.5, 0.6) is 0 Å². The maximum Gasteiger partial charge on any atom is 0.294 e. The Morgan fingerprint density at radius 2 is 2.07 bits per heavy atom. The molecule has 1 atom stereocenters. The second-order valence-corrected chi connectivity index (χ2v) is 7.59. The molecule has 1 heterocycles. The summed E-state index contributed by atoms with van der Waals surface area (Å²) in [5, 5.41) is 11.7. The summed E-state index contributed by atoms with van der Waals surface area (Å²) in [6.45, 7) is 2.67. The molecule has 1 unspecified atom stereocenters. The Kier molecular flexibility index (Phi) is 5.61. The molecule has 4 rings (SSSR count). The fraction of sp³-hybridized carbons (Fsp3) is 0.304. The summed E-state index contributed by atoms with van der Waals surface area (Å²) in [4.78, 5) is 30.5. The summed E-state index contributed by atoms with van der Waals surface area (Å²) >= 11 is 0. The molecule has 0 radical (unpaired) electrons. The second kappa shape index (κ2) is 8.49. The smallest absolute Gasteiger partial charge is 0.294 e. The maximum absolute atomic E-state index is 13.4. The van der Waals surface area contributed by atoms with Crippen LogP contribution in [0.15, 0.2) is 61.2 Å². The van der Waals surface area contributed by atoms with Gasteiger partial charge >= 0.3 is 0 Å². The summed E-state index contributed by atoms with van der Waals surface area (Å²) in [6, 6.07) is 13.1. The van der Waals surface area contributed by atoms with Gasteiger partial charge in [0.1, 0.15) is 5.69 Å². The van der Waals surface area contributed by atoms with Crippen molar-refractivity contribution in [3.8, 4) is 5.69 Å². The topological polar surface area (TPSA) is 81.3 Å². The van der Waals surface area contributed by atoms with Crippen molar-refractivity contribution in [2.45, 2.75) is 38.6 Å². The Balaban J connectivity index is 1.64. The summed E-state index contributed by atoms with van der Waals surface area (Å²) in [5.74, 6) is -0.151. The molecule has 0 fully saturated rings. The van der Waals surface area contributed by atoms with Crippen molar-refractivity contribution in [1.29, 1.82) is 0 Å². The highest BCUT2D eigenvalue weighted by Crippen LogP contribution is 2.28. The minimum Gasteiger partial charge on any atom is -0.335 e. The minimum absolute atomic E-state index is 0.0970. The predicted octanol–water partition coefficient (Wildman–Crippen LogP) is 4.19. The van der Waals surface area contributed by atoms with Crippen molar-refractivity contribution in [1.82, 2.24) is 14.5 Å². The number of benzene rings is 2. The first-order valence-electron chi connectivity index (χ1n) is 10.2. The average Bonchev–Trinajstić information content (AvgIpc) is 3.31. The molecule has 2 aromatic carbocycles. The van der Waals surface area contributed by atoms with Crippen LogP contribution in [0.3, 0.4) is 0 Å². The molecule has 0 aliphatic heterocycles. The number of amides is 1. The van der Waals surface area contributed by atoms with Gasteiger partial charge in [0.2, 0.25) is 0 Å². The van der Waals surface area contributed by atoms with E-state index in [9.17, 15) is 14.9 Å². The zero-order valence-electron chi connectivity index (χ0n) is 16.9. The molecule has 1 amide bonds. The Hall–Kier alpha value is -3.48. The first-order valence-corrected chi connectivity index (χ1v) is 10.2. The number of fused-ring (bicyclic) bond motifs is 1. The number of aryl methyl sites for hydroxylation is 1. The molecule has 1 aromatic heterocycles. The van der Waals surface area contributed by atoms with E-state index in [0.717, 1.165) is 25.7 Å². The number of carbonyl (C=O) groups is 1. The number of nitro groups is 1. The lowest BCUT2D eigenvalue weighted by atomic mass is 9.87. The second-order valence-electron chi connectivity index (χ2n) is 7.59. The van der Waals surface area contributed by atoms with Gasteiger partial charge in [-0.1, -0.05) is 31.2 Å². The molecule has 0 spiro atoms. The van der Waals surface area contributed by atoms with Crippen LogP contribution in [0.1, 0.15) is 41.3 Å². The number of aromatic nitrogens is 2. The highest BCUT2D eigenvalue weighted by atomic mass is 16.6. The minimum atomic E-state index is -0.451. The van der Waals surface area contributed by atoms with Gasteiger partial charge in [0.25, 0.3) is 11.6 Å². The number of hydrogen-bond acceptors (Lipinski definition) is 4. The number of carbonyl (C=O) groups excluding carboxylic acids is 1. The monoisotopic (exact) mass is 404 g/mol. The van der Waals surface area contributed by atoms with E-state index in [1.165, 1.54) is 23.5 Å². The van der Waals surface area contributed by atoms with Gasteiger partial charge in [-0.25, -0.2) is 4.98 Å². The highest BCUT2D eigenvalue weighted by Gasteiger charge is 2.29. The molecule has 0 saturated carbocycles. The van der Waals surface area contributed by atoms with Crippen molar-refractivity contribution in [2.24, 2.45) is 0 Å². The number of imidazole rings is 1. The van der Waals surface area contributed by atoms with Crippen LogP contribution >= 0.6 is 0 Å². The summed E-state index contributed by atoms with van der Waals surface area (Å²) in [5.41, 5.74) is 3.26. The van der Waals surface area contributed by atoms with Crippen LogP contribution in [0.2, 0.25) is 0 Å². The van der Waals surface area contributed by atoms with E-state index < -0.39 is 4.92 Å². The van der Waals surface area contributed by atoms with Gasteiger partial charge in [0.05, 0.1) is 11.3 Å². The fourth-order valence-electron chi connectivity index (χ4n) is 4.22. The van der Waals surface area contributed by atoms with E-state index >= 15 is 0 Å². The lowest BCUT2D eigenvalue weighted by Crippen LogP contribution is -2.44. The molecule has 3 aromatic rings. The first-order chi connectivity index (χ1) is 14.6. The lowest BCUT2D eigenvalue weighted by Gasteiger charge is -2.35. The number of hydrogen-bond donors (Lipinski definition) is 0. The van der Waals surface area contributed by atoms with Crippen molar-refractivity contribution < 1.29 is 9.72 Å². The van der Waals surface area contributed by atoms with Gasteiger partial charge in [-0.2, -0.15) is 0 Å². The van der Waals surface area contributed by atoms with Crippen molar-refractivity contribution in [3.63, 3.8) is 0 Å². The Morgan fingerprint density at radius 1 is 1.27 bits per heavy atom. The Labute approximate surface area is 175 Å². The van der Waals surface area contributed by atoms with Crippen LogP contribution in [0.4, 0.5) is 5.69 Å². The van der Waals surface area contributed by atoms with E-state index in [2.05, 4.69) is 23.2 Å². The van der Waals surface area contributed by atoms with Crippen molar-refractivity contribution >= 4 is 11.6 Å². The number of nitrogens with zero attached hydrogens (tertiary/aromatic N) is 4. The largest absolute Gasteiger partial charge is 0.335 e. The number of rotatable bonds is 6. The normalized spacial score (nSPS) is 15.4. The lowest BCUT2D eigenvalue weighted by molar-refractivity contribution is -0.384. The molecule has 1 aliphatic rings. The zero-order valence-corrected chi connectivity index (χ0v) is 16.9. The quantitative estimate of drug-likeness (QED) is 0.456. The summed E-state index contributed by atoms with van der Waals surface area (Å²) in [6.07, 6.45) is 8.20. The van der Waals surface area contributed by atoms with Gasteiger partial charge in [-0.05, 0) is 48.9 Å². The maximum atomic E-state index is 13.4. The zero-order chi connectivity index (χ0) is 21.1. The van der Waals surface area contributed by atoms with E-state index in [1.54, 1.807) is 29.1 Å². The van der Waals surface area contributed by atoms with E-state index in [-0.39, 0.29) is 17.6 Å². The highest BCUT2D eigenvalue weighted by molar-refractivity contribution is 5.95. The van der Waals surface area contributed by atoms with Crippen LogP contribution in [0.25, 0.3) is 5.69 Å². The summed E-state index contributed by atoms with van der Waals surface area (Å²) in [7, 11) is 0. The molecular formula is C23H24N4O3. The third kappa shape index (κ3) is 3.83. The third-order valence-corrected chi connectivity index (χ3v) is 5.69. The third-order valence-electron chi connectivity index (χ3n) is 5.69. The molecular weight excluding hydrogens is 380 g/mol. The van der Waals surface area contributed by atoms with Crippen LogP contribution in [0, 0.1) is 10.1 Å². The molecule has 154 valence electrons. The van der Waals surface area contributed by atoms with Crippen LogP contribution in [-0.2, 0) is 12.8 Å². The van der Waals surface area contributed by atoms with E-state index in [1.807, 2.05) is 17.9 Å². The average molecular weight is 404 g/mol. The van der Waals surface area contributed by atoms with Gasteiger partial charge in [0, 0.05) is 36.6 Å². The molecule has 1 aliphatic carbocycles. The van der Waals surface area contributed by atoms with E-state index in [0.29, 0.717) is 17.8 Å². The van der Waals surface area contributed by atoms with Gasteiger partial charge in [-0.15, -0.1) is 0 Å². The Morgan fingerprint density at radius 3 is 2.77 bits per heavy atom. The van der Waals surface area contributed by atoms with Crippen LogP contribution < -0.4 is 0 Å². The molecule has 0 bridgehead atoms. The van der Waals surface area contributed by atoms with Crippen molar-refractivity contribution in [2.75, 3.05) is 6.54 Å². The summed E-state index contributed by atoms with van der Waals surface area (Å²) < 4.78 is 1.58. The Bertz CT molecular complexity index is 1060. The van der Waals surface area contributed by atoms with Gasteiger partial charge < -0.3 is 9.47 Å².